The minimum Gasteiger partial charge on any atom is -0.493 e. The predicted molar refractivity (Wildman–Crippen MR) is 129 cm³/mol. The molecular weight excluding hydrogens is 442 g/mol. The normalized spacial score (nSPS) is 13.5. The number of aromatic nitrogens is 1. The van der Waals surface area contributed by atoms with E-state index < -0.39 is 24.0 Å². The monoisotopic (exact) mass is 473 g/mol. The first-order chi connectivity index (χ1) is 15.6. The van der Waals surface area contributed by atoms with Gasteiger partial charge in [0.2, 0.25) is 0 Å². The van der Waals surface area contributed by atoms with Crippen molar-refractivity contribution in [2.45, 2.75) is 53.2 Å². The fraction of sp³-hybridized carbons (Fsp3) is 0.440. The molecule has 1 aromatic heterocycles. The van der Waals surface area contributed by atoms with E-state index in [1.807, 2.05) is 51.1 Å². The van der Waals surface area contributed by atoms with Crippen molar-refractivity contribution < 1.29 is 28.5 Å². The van der Waals surface area contributed by atoms with Crippen LogP contribution in [0.1, 0.15) is 46.7 Å². The summed E-state index contributed by atoms with van der Waals surface area (Å²) in [7, 11) is 1.46. The number of esters is 2. The maximum absolute atomic E-state index is 12.9. The number of ether oxygens (including phenoxy) is 4. The van der Waals surface area contributed by atoms with Crippen LogP contribution in [0, 0.1) is 11.8 Å². The summed E-state index contributed by atoms with van der Waals surface area (Å²) in [6.45, 7) is 8.85. The van der Waals surface area contributed by atoms with Crippen molar-refractivity contribution in [2.24, 2.45) is 11.8 Å². The Hall–Kier alpha value is -3.00. The molecule has 3 atom stereocenters. The number of benzene rings is 1. The summed E-state index contributed by atoms with van der Waals surface area (Å²) in [5.41, 5.74) is 0.292. The molecule has 0 spiro atoms. The molecule has 0 saturated heterocycles. The number of carbonyl (C=O) groups is 2. The zero-order valence-corrected chi connectivity index (χ0v) is 20.7. The lowest BCUT2D eigenvalue weighted by Gasteiger charge is -2.29. The molecule has 8 heteroatoms. The van der Waals surface area contributed by atoms with E-state index in [2.05, 4.69) is 4.98 Å². The number of rotatable bonds is 11. The van der Waals surface area contributed by atoms with E-state index >= 15 is 0 Å². The number of carbonyl (C=O) groups excluding carboxylic acids is 2. The first-order valence-corrected chi connectivity index (χ1v) is 11.2. The Morgan fingerprint density at radius 1 is 1.06 bits per heavy atom. The van der Waals surface area contributed by atoms with E-state index in [0.717, 1.165) is 0 Å². The lowest BCUT2D eigenvalue weighted by atomic mass is 10.0. The third kappa shape index (κ3) is 7.53. The molecule has 2 aromatic rings. The Kier molecular flexibility index (Phi) is 9.78. The van der Waals surface area contributed by atoms with Gasteiger partial charge in [-0.15, -0.1) is 0 Å². The minimum absolute atomic E-state index is 0.0439. The number of hydrogen-bond donors (Lipinski definition) is 0. The molecule has 178 valence electrons. The van der Waals surface area contributed by atoms with Crippen LogP contribution in [0.3, 0.4) is 0 Å². The first-order valence-electron chi connectivity index (χ1n) is 10.8. The molecule has 0 bridgehead atoms. The molecule has 0 radical (unpaired) electrons. The second-order valence-corrected chi connectivity index (χ2v) is 8.59. The summed E-state index contributed by atoms with van der Waals surface area (Å²) in [5, 5.41) is 0. The summed E-state index contributed by atoms with van der Waals surface area (Å²) >= 11 is 5.53. The molecule has 1 heterocycles. The van der Waals surface area contributed by atoms with Crippen LogP contribution >= 0.6 is 12.2 Å². The van der Waals surface area contributed by atoms with Crippen molar-refractivity contribution in [1.82, 2.24) is 4.98 Å². The molecule has 0 aliphatic heterocycles. The molecule has 7 nitrogen and oxygen atoms in total. The predicted octanol–water partition coefficient (Wildman–Crippen LogP) is 4.80. The van der Waals surface area contributed by atoms with Crippen LogP contribution in [-0.4, -0.2) is 41.1 Å². The highest BCUT2D eigenvalue weighted by molar-refractivity contribution is 7.80. The molecule has 2 rings (SSSR count). The molecule has 0 aliphatic carbocycles. The van der Waals surface area contributed by atoms with Gasteiger partial charge in [-0.1, -0.05) is 51.2 Å². The molecule has 0 aliphatic rings. The SMILES string of the molecule is COc1ccnc(C(=S)C[C@@H](C)C(=O)O[C@H](C(C)C)[C@H](C)Oc2ccccc2)c1OC(C)=O. The van der Waals surface area contributed by atoms with Crippen LogP contribution in [0.25, 0.3) is 0 Å². The Labute approximate surface area is 200 Å². The second-order valence-electron chi connectivity index (χ2n) is 8.09. The van der Waals surface area contributed by atoms with Crippen LogP contribution in [0.5, 0.6) is 17.2 Å². The van der Waals surface area contributed by atoms with E-state index in [0.29, 0.717) is 22.1 Å². The van der Waals surface area contributed by atoms with Crippen LogP contribution in [0.2, 0.25) is 0 Å². The van der Waals surface area contributed by atoms with Gasteiger partial charge in [0.25, 0.3) is 0 Å². The van der Waals surface area contributed by atoms with Gasteiger partial charge in [0.15, 0.2) is 11.5 Å². The maximum Gasteiger partial charge on any atom is 0.309 e. The van der Waals surface area contributed by atoms with Crippen LogP contribution in [0.15, 0.2) is 42.6 Å². The molecule has 1 aromatic carbocycles. The first kappa shape index (κ1) is 26.3. The topological polar surface area (TPSA) is 84.0 Å². The van der Waals surface area contributed by atoms with Gasteiger partial charge in [-0.25, -0.2) is 0 Å². The third-order valence-electron chi connectivity index (χ3n) is 4.93. The number of thiocarbonyl (C=S) groups is 1. The summed E-state index contributed by atoms with van der Waals surface area (Å²) in [4.78, 5) is 29.0. The van der Waals surface area contributed by atoms with Gasteiger partial charge >= 0.3 is 11.9 Å². The molecule has 0 amide bonds. The number of methoxy groups -OCH3 is 1. The van der Waals surface area contributed by atoms with Gasteiger partial charge in [-0.2, -0.15) is 0 Å². The van der Waals surface area contributed by atoms with Crippen LogP contribution in [-0.2, 0) is 14.3 Å². The van der Waals surface area contributed by atoms with Gasteiger partial charge in [-0.3, -0.25) is 14.6 Å². The summed E-state index contributed by atoms with van der Waals surface area (Å²) in [6.07, 6.45) is 0.918. The molecule has 33 heavy (non-hydrogen) atoms. The summed E-state index contributed by atoms with van der Waals surface area (Å²) in [6, 6.07) is 11.0. The van der Waals surface area contributed by atoms with Crippen molar-refractivity contribution >= 4 is 29.0 Å². The van der Waals surface area contributed by atoms with Crippen molar-refractivity contribution in [2.75, 3.05) is 7.11 Å². The number of hydrogen-bond acceptors (Lipinski definition) is 8. The second kappa shape index (κ2) is 12.3. The third-order valence-corrected chi connectivity index (χ3v) is 5.29. The van der Waals surface area contributed by atoms with Gasteiger partial charge in [0.05, 0.1) is 13.0 Å². The Balaban J connectivity index is 2.09. The van der Waals surface area contributed by atoms with E-state index in [-0.39, 0.29) is 24.2 Å². The molecule has 0 fully saturated rings. The molecule has 0 N–H and O–H groups in total. The Morgan fingerprint density at radius 2 is 1.73 bits per heavy atom. The fourth-order valence-electron chi connectivity index (χ4n) is 3.30. The van der Waals surface area contributed by atoms with Crippen LogP contribution < -0.4 is 14.2 Å². The van der Waals surface area contributed by atoms with Gasteiger partial charge in [0.1, 0.15) is 23.7 Å². The van der Waals surface area contributed by atoms with Crippen molar-refractivity contribution in [1.29, 1.82) is 0 Å². The highest BCUT2D eigenvalue weighted by atomic mass is 32.1. The highest BCUT2D eigenvalue weighted by Gasteiger charge is 2.30. The number of nitrogens with zero attached hydrogens (tertiary/aromatic N) is 1. The molecule has 0 saturated carbocycles. The lowest BCUT2D eigenvalue weighted by molar-refractivity contribution is -0.160. The summed E-state index contributed by atoms with van der Waals surface area (Å²) < 4.78 is 22.3. The Bertz CT molecular complexity index is 963. The largest absolute Gasteiger partial charge is 0.493 e. The standard InChI is InChI=1S/C25H31NO6S/c1-15(2)23(17(4)30-19-10-8-7-9-11-19)32-25(28)16(3)14-21(33)22-24(31-18(5)27)20(29-6)12-13-26-22/h7-13,15-17,23H,14H2,1-6H3/t16-,17+,23-/m1/s1. The van der Waals surface area contributed by atoms with E-state index in [1.165, 1.54) is 20.2 Å². The smallest absolute Gasteiger partial charge is 0.309 e. The highest BCUT2D eigenvalue weighted by Crippen LogP contribution is 2.31. The van der Waals surface area contributed by atoms with Gasteiger partial charge in [0, 0.05) is 24.1 Å². The van der Waals surface area contributed by atoms with Crippen molar-refractivity contribution in [3.05, 3.63) is 48.3 Å². The quantitative estimate of drug-likeness (QED) is 0.262. The maximum atomic E-state index is 12.9. The molecule has 0 unspecified atom stereocenters. The van der Waals surface area contributed by atoms with E-state index in [1.54, 1.807) is 13.0 Å². The van der Waals surface area contributed by atoms with Crippen LogP contribution in [0.4, 0.5) is 0 Å². The fourth-order valence-corrected chi connectivity index (χ4v) is 3.69. The average Bonchev–Trinajstić information content (AvgIpc) is 2.77. The van der Waals surface area contributed by atoms with Crippen molar-refractivity contribution in [3.63, 3.8) is 0 Å². The zero-order chi connectivity index (χ0) is 24.5. The van der Waals surface area contributed by atoms with Gasteiger partial charge in [-0.05, 0) is 31.4 Å². The number of para-hydroxylation sites is 1. The minimum atomic E-state index is -0.541. The zero-order valence-electron chi connectivity index (χ0n) is 19.9. The lowest BCUT2D eigenvalue weighted by Crippen LogP contribution is -2.39. The van der Waals surface area contributed by atoms with E-state index in [4.69, 9.17) is 31.2 Å². The van der Waals surface area contributed by atoms with E-state index in [9.17, 15) is 9.59 Å². The summed E-state index contributed by atoms with van der Waals surface area (Å²) in [5.74, 6) is -0.227. The van der Waals surface area contributed by atoms with Gasteiger partial charge < -0.3 is 18.9 Å². The average molecular weight is 474 g/mol. The Morgan fingerprint density at radius 3 is 2.30 bits per heavy atom. The molecular formula is C25H31NO6S. The number of pyridine rings is 1. The van der Waals surface area contributed by atoms with Crippen molar-refractivity contribution in [3.8, 4) is 17.2 Å².